The topological polar surface area (TPSA) is 50.7 Å². The highest BCUT2D eigenvalue weighted by Gasteiger charge is 2.15. The summed E-state index contributed by atoms with van der Waals surface area (Å²) in [6.45, 7) is 7.04. The van der Waals surface area contributed by atoms with Crippen molar-refractivity contribution in [2.24, 2.45) is 5.10 Å². The number of hydrogen-bond acceptors (Lipinski definition) is 3. The maximum absolute atomic E-state index is 11.4. The molecule has 0 spiro atoms. The second-order valence-corrected chi connectivity index (χ2v) is 5.78. The van der Waals surface area contributed by atoms with Crippen molar-refractivity contribution in [1.82, 2.24) is 5.43 Å². The molecule has 0 aromatic heterocycles. The van der Waals surface area contributed by atoms with Gasteiger partial charge in [0.15, 0.2) is 0 Å². The Bertz CT molecular complexity index is 508. The molecule has 19 heavy (non-hydrogen) atoms. The summed E-state index contributed by atoms with van der Waals surface area (Å²) in [4.78, 5) is 11.4. The Labute approximate surface area is 122 Å². The third-order valence-corrected chi connectivity index (χ3v) is 2.60. The lowest BCUT2D eigenvalue weighted by Crippen LogP contribution is -2.30. The van der Waals surface area contributed by atoms with Crippen molar-refractivity contribution in [3.63, 3.8) is 0 Å². The van der Waals surface area contributed by atoms with Crippen molar-refractivity contribution in [2.45, 2.75) is 33.3 Å². The summed E-state index contributed by atoms with van der Waals surface area (Å²) in [6.07, 6.45) is -0.620. The van der Waals surface area contributed by atoms with E-state index in [1.54, 1.807) is 45.9 Å². The highest BCUT2D eigenvalue weighted by Crippen LogP contribution is 2.21. The van der Waals surface area contributed by atoms with Gasteiger partial charge in [0.05, 0.1) is 5.71 Å². The molecule has 1 rings (SSSR count). The van der Waals surface area contributed by atoms with E-state index < -0.39 is 11.7 Å². The first-order chi connectivity index (χ1) is 8.69. The molecule has 1 aromatic carbocycles. The van der Waals surface area contributed by atoms with Gasteiger partial charge in [-0.3, -0.25) is 0 Å². The van der Waals surface area contributed by atoms with E-state index in [0.29, 0.717) is 21.3 Å². The van der Waals surface area contributed by atoms with Gasteiger partial charge in [-0.25, -0.2) is 10.2 Å². The van der Waals surface area contributed by atoms with Crippen LogP contribution in [0.25, 0.3) is 0 Å². The smallest absolute Gasteiger partial charge is 0.428 e. The molecule has 0 heterocycles. The molecule has 4 nitrogen and oxygen atoms in total. The van der Waals surface area contributed by atoms with E-state index >= 15 is 0 Å². The fourth-order valence-electron chi connectivity index (χ4n) is 1.27. The van der Waals surface area contributed by atoms with Gasteiger partial charge in [-0.1, -0.05) is 23.2 Å². The van der Waals surface area contributed by atoms with Crippen LogP contribution in [0.1, 0.15) is 33.3 Å². The van der Waals surface area contributed by atoms with Crippen LogP contribution in [0.2, 0.25) is 10.0 Å². The van der Waals surface area contributed by atoms with E-state index in [4.69, 9.17) is 27.9 Å². The number of nitrogens with zero attached hydrogens (tertiary/aromatic N) is 1. The van der Waals surface area contributed by atoms with Crippen molar-refractivity contribution >= 4 is 35.0 Å². The average molecular weight is 303 g/mol. The van der Waals surface area contributed by atoms with Gasteiger partial charge in [-0.05, 0) is 45.9 Å². The Morgan fingerprint density at radius 1 is 1.32 bits per heavy atom. The number of carbonyl (C=O) groups is 1. The molecule has 0 aliphatic rings. The zero-order chi connectivity index (χ0) is 14.6. The van der Waals surface area contributed by atoms with Crippen molar-refractivity contribution in [1.29, 1.82) is 0 Å². The van der Waals surface area contributed by atoms with E-state index in [1.165, 1.54) is 0 Å². The molecule has 0 atom stereocenters. The van der Waals surface area contributed by atoms with E-state index in [9.17, 15) is 4.79 Å². The first kappa shape index (κ1) is 15.8. The highest BCUT2D eigenvalue weighted by atomic mass is 35.5. The van der Waals surface area contributed by atoms with Crippen LogP contribution >= 0.6 is 23.2 Å². The predicted molar refractivity (Wildman–Crippen MR) is 78.0 cm³/mol. The summed E-state index contributed by atoms with van der Waals surface area (Å²) in [5.41, 5.74) is 2.94. The molecule has 1 amide bonds. The van der Waals surface area contributed by atoms with E-state index in [0.717, 1.165) is 0 Å². The molecule has 104 valence electrons. The molecule has 0 radical (unpaired) electrons. The molecule has 0 fully saturated rings. The minimum atomic E-state index is -0.620. The summed E-state index contributed by atoms with van der Waals surface area (Å²) >= 11 is 11.9. The van der Waals surface area contributed by atoms with Gasteiger partial charge in [0.2, 0.25) is 0 Å². The van der Waals surface area contributed by atoms with Crippen LogP contribution in [0.3, 0.4) is 0 Å². The van der Waals surface area contributed by atoms with E-state index in [1.807, 2.05) is 0 Å². The fraction of sp³-hybridized carbons (Fsp3) is 0.385. The number of benzene rings is 1. The van der Waals surface area contributed by atoms with Crippen LogP contribution in [-0.2, 0) is 4.74 Å². The van der Waals surface area contributed by atoms with E-state index in [-0.39, 0.29) is 0 Å². The molecular formula is C13H16Cl2N2O2. The second kappa shape index (κ2) is 6.26. The van der Waals surface area contributed by atoms with Crippen LogP contribution in [0, 0.1) is 0 Å². The minimum absolute atomic E-state index is 0.511. The number of ether oxygens (including phenoxy) is 1. The molecule has 0 saturated heterocycles. The van der Waals surface area contributed by atoms with Gasteiger partial charge in [0, 0.05) is 15.6 Å². The first-order valence-corrected chi connectivity index (χ1v) is 6.43. The van der Waals surface area contributed by atoms with E-state index in [2.05, 4.69) is 10.5 Å². The number of carbonyl (C=O) groups excluding carboxylic acids is 1. The molecule has 0 aliphatic heterocycles. The van der Waals surface area contributed by atoms with Gasteiger partial charge >= 0.3 is 6.09 Å². The van der Waals surface area contributed by atoms with Crippen LogP contribution in [-0.4, -0.2) is 17.4 Å². The molecule has 0 bridgehead atoms. The average Bonchev–Trinajstić information content (AvgIpc) is 2.27. The van der Waals surface area contributed by atoms with Crippen molar-refractivity contribution in [2.75, 3.05) is 0 Å². The Kier molecular flexibility index (Phi) is 5.20. The van der Waals surface area contributed by atoms with Crippen LogP contribution in [0.15, 0.2) is 23.3 Å². The van der Waals surface area contributed by atoms with Gasteiger partial charge in [-0.2, -0.15) is 5.10 Å². The lowest BCUT2D eigenvalue weighted by molar-refractivity contribution is 0.0529. The third-order valence-electron chi connectivity index (χ3n) is 2.03. The van der Waals surface area contributed by atoms with Crippen molar-refractivity contribution in [3.05, 3.63) is 33.8 Å². The highest BCUT2D eigenvalue weighted by molar-refractivity contribution is 6.36. The maximum atomic E-state index is 11.4. The molecular weight excluding hydrogens is 287 g/mol. The van der Waals surface area contributed by atoms with Gasteiger partial charge in [0.1, 0.15) is 5.60 Å². The first-order valence-electron chi connectivity index (χ1n) is 5.68. The zero-order valence-electron chi connectivity index (χ0n) is 11.3. The predicted octanol–water partition coefficient (Wildman–Crippen LogP) is 4.24. The standard InChI is InChI=1S/C13H16Cl2N2O2/c1-8(10-7-9(14)5-6-11(10)15)16-17-12(18)19-13(2,3)4/h5-7H,1-4H3,(H,17,18)/b16-8+. The van der Waals surface area contributed by atoms with Crippen LogP contribution < -0.4 is 5.43 Å². The zero-order valence-corrected chi connectivity index (χ0v) is 12.8. The summed E-state index contributed by atoms with van der Waals surface area (Å²) in [7, 11) is 0. The Morgan fingerprint density at radius 3 is 2.53 bits per heavy atom. The maximum Gasteiger partial charge on any atom is 0.428 e. The van der Waals surface area contributed by atoms with Gasteiger partial charge in [0.25, 0.3) is 0 Å². The third kappa shape index (κ3) is 5.49. The molecule has 0 unspecified atom stereocenters. The Hall–Kier alpha value is -1.26. The molecule has 0 saturated carbocycles. The Balaban J connectivity index is 2.77. The van der Waals surface area contributed by atoms with Crippen molar-refractivity contribution in [3.8, 4) is 0 Å². The number of nitrogens with one attached hydrogen (secondary N) is 1. The molecule has 6 heteroatoms. The number of amides is 1. The summed E-state index contributed by atoms with van der Waals surface area (Å²) in [5, 5.41) is 4.99. The number of halogens is 2. The normalized spacial score (nSPS) is 12.2. The quantitative estimate of drug-likeness (QED) is 0.656. The Morgan fingerprint density at radius 2 is 1.95 bits per heavy atom. The number of hydrogen-bond donors (Lipinski definition) is 1. The van der Waals surface area contributed by atoms with Crippen molar-refractivity contribution < 1.29 is 9.53 Å². The number of hydrazone groups is 1. The molecule has 1 aromatic rings. The second-order valence-electron chi connectivity index (χ2n) is 4.94. The summed E-state index contributed by atoms with van der Waals surface area (Å²) in [5.74, 6) is 0. The fourth-order valence-corrected chi connectivity index (χ4v) is 1.69. The molecule has 0 aliphatic carbocycles. The minimum Gasteiger partial charge on any atom is -0.443 e. The lowest BCUT2D eigenvalue weighted by Gasteiger charge is -2.18. The summed E-state index contributed by atoms with van der Waals surface area (Å²) < 4.78 is 5.06. The SMILES string of the molecule is C/C(=N\NC(=O)OC(C)(C)C)c1cc(Cl)ccc1Cl. The van der Waals surface area contributed by atoms with Crippen LogP contribution in [0.4, 0.5) is 4.79 Å². The van der Waals surface area contributed by atoms with Gasteiger partial charge in [-0.15, -0.1) is 0 Å². The monoisotopic (exact) mass is 302 g/mol. The number of rotatable bonds is 2. The molecule has 1 N–H and O–H groups in total. The summed E-state index contributed by atoms with van der Waals surface area (Å²) in [6, 6.07) is 5.03. The van der Waals surface area contributed by atoms with Crippen LogP contribution in [0.5, 0.6) is 0 Å². The lowest BCUT2D eigenvalue weighted by atomic mass is 10.1. The van der Waals surface area contributed by atoms with Gasteiger partial charge < -0.3 is 4.74 Å². The largest absolute Gasteiger partial charge is 0.443 e.